The van der Waals surface area contributed by atoms with E-state index in [9.17, 15) is 8.42 Å². The number of benzene rings is 1. The molecule has 0 aliphatic carbocycles. The maximum absolute atomic E-state index is 11.4. The van der Waals surface area contributed by atoms with E-state index in [1.165, 1.54) is 6.26 Å². The van der Waals surface area contributed by atoms with Crippen LogP contribution >= 0.6 is 0 Å². The largest absolute Gasteiger partial charge is 0.270 e. The highest BCUT2D eigenvalue weighted by Crippen LogP contribution is 2.21. The van der Waals surface area contributed by atoms with Gasteiger partial charge >= 0.3 is 0 Å². The molecule has 3 rings (SSSR count). The van der Waals surface area contributed by atoms with Crippen molar-refractivity contribution in [1.82, 2.24) is 19.6 Å². The summed E-state index contributed by atoms with van der Waals surface area (Å²) >= 11 is 0. The van der Waals surface area contributed by atoms with Crippen LogP contribution in [-0.2, 0) is 9.84 Å². The quantitative estimate of drug-likeness (QED) is 0.714. The fourth-order valence-electron chi connectivity index (χ4n) is 1.94. The summed E-state index contributed by atoms with van der Waals surface area (Å²) in [6.07, 6.45) is 4.77. The number of aryl methyl sites for hydroxylation is 1. The zero-order valence-corrected chi connectivity index (χ0v) is 11.8. The van der Waals surface area contributed by atoms with Gasteiger partial charge in [-0.1, -0.05) is 12.1 Å². The van der Waals surface area contributed by atoms with Gasteiger partial charge in [0.15, 0.2) is 9.84 Å². The number of sulfone groups is 1. The van der Waals surface area contributed by atoms with Crippen molar-refractivity contribution in [1.29, 1.82) is 0 Å². The van der Waals surface area contributed by atoms with Gasteiger partial charge in [0.1, 0.15) is 5.82 Å². The lowest BCUT2D eigenvalue weighted by Gasteiger charge is -2.04. The summed E-state index contributed by atoms with van der Waals surface area (Å²) in [5, 5.41) is 7.87. The molecule has 0 aliphatic rings. The van der Waals surface area contributed by atoms with Gasteiger partial charge in [-0.05, 0) is 24.6 Å². The third-order valence-electron chi connectivity index (χ3n) is 3.05. The highest BCUT2D eigenvalue weighted by molar-refractivity contribution is 7.90. The zero-order chi connectivity index (χ0) is 14.3. The molecule has 0 amide bonds. The van der Waals surface area contributed by atoms with Crippen molar-refractivity contribution in [3.8, 4) is 11.1 Å². The second-order valence-corrected chi connectivity index (χ2v) is 6.57. The first kappa shape index (κ1) is 12.7. The number of aromatic nitrogens is 4. The Labute approximate surface area is 116 Å². The van der Waals surface area contributed by atoms with Crippen LogP contribution in [0.1, 0.15) is 5.82 Å². The molecule has 0 radical (unpaired) electrons. The molecule has 0 saturated carbocycles. The second kappa shape index (κ2) is 4.38. The fraction of sp³-hybridized carbons (Fsp3) is 0.154. The predicted octanol–water partition coefficient (Wildman–Crippen LogP) is 1.50. The van der Waals surface area contributed by atoms with Gasteiger partial charge in [0, 0.05) is 24.2 Å². The fourth-order valence-corrected chi connectivity index (χ4v) is 2.57. The first-order valence-corrected chi connectivity index (χ1v) is 7.82. The summed E-state index contributed by atoms with van der Waals surface area (Å²) in [7, 11) is -3.18. The Balaban J connectivity index is 2.08. The molecule has 0 spiro atoms. The van der Waals surface area contributed by atoms with Gasteiger partial charge in [-0.15, -0.1) is 10.2 Å². The molecule has 1 aromatic carbocycles. The van der Waals surface area contributed by atoms with Gasteiger partial charge in [0.05, 0.1) is 4.90 Å². The first-order valence-electron chi connectivity index (χ1n) is 5.93. The molecule has 0 atom stereocenters. The maximum Gasteiger partial charge on any atom is 0.254 e. The van der Waals surface area contributed by atoms with E-state index in [-0.39, 0.29) is 0 Å². The molecular weight excluding hydrogens is 276 g/mol. The minimum absolute atomic E-state index is 0.302. The van der Waals surface area contributed by atoms with E-state index in [4.69, 9.17) is 0 Å². The van der Waals surface area contributed by atoms with Crippen LogP contribution < -0.4 is 0 Å². The number of fused-ring (bicyclic) bond motifs is 1. The average Bonchev–Trinajstić information content (AvgIpc) is 2.79. The molecule has 2 heterocycles. The van der Waals surface area contributed by atoms with Crippen molar-refractivity contribution < 1.29 is 8.42 Å². The Morgan fingerprint density at radius 3 is 2.40 bits per heavy atom. The van der Waals surface area contributed by atoms with Crippen molar-refractivity contribution in [3.05, 3.63) is 42.5 Å². The Hall–Kier alpha value is -2.28. The minimum Gasteiger partial charge on any atom is -0.270 e. The Morgan fingerprint density at radius 1 is 1.05 bits per heavy atom. The summed E-state index contributed by atoms with van der Waals surface area (Å²) in [4.78, 5) is 4.52. The number of rotatable bonds is 2. The van der Waals surface area contributed by atoms with Crippen LogP contribution in [0.2, 0.25) is 0 Å². The molecule has 0 aliphatic heterocycles. The Morgan fingerprint density at radius 2 is 1.75 bits per heavy atom. The van der Waals surface area contributed by atoms with Gasteiger partial charge < -0.3 is 0 Å². The van der Waals surface area contributed by atoms with E-state index >= 15 is 0 Å². The van der Waals surface area contributed by atoms with Gasteiger partial charge in [-0.2, -0.15) is 0 Å². The normalized spacial score (nSPS) is 11.9. The monoisotopic (exact) mass is 288 g/mol. The number of hydrogen-bond acceptors (Lipinski definition) is 5. The Kier molecular flexibility index (Phi) is 2.79. The molecule has 0 unspecified atom stereocenters. The molecule has 3 aromatic rings. The molecule has 0 bridgehead atoms. The third-order valence-corrected chi connectivity index (χ3v) is 4.18. The minimum atomic E-state index is -3.18. The van der Waals surface area contributed by atoms with Crippen LogP contribution in [0.5, 0.6) is 0 Å². The summed E-state index contributed by atoms with van der Waals surface area (Å²) in [5.41, 5.74) is 1.76. The number of hydrogen-bond donors (Lipinski definition) is 0. The van der Waals surface area contributed by atoms with Gasteiger partial charge in [0.2, 0.25) is 0 Å². The first-order chi connectivity index (χ1) is 9.45. The van der Waals surface area contributed by atoms with Crippen LogP contribution in [0.3, 0.4) is 0 Å². The van der Waals surface area contributed by atoms with E-state index in [2.05, 4.69) is 15.2 Å². The van der Waals surface area contributed by atoms with Crippen LogP contribution in [0.25, 0.3) is 16.9 Å². The predicted molar refractivity (Wildman–Crippen MR) is 74.1 cm³/mol. The number of nitrogens with zero attached hydrogens (tertiary/aromatic N) is 4. The van der Waals surface area contributed by atoms with E-state index in [0.717, 1.165) is 17.0 Å². The van der Waals surface area contributed by atoms with Gasteiger partial charge in [-0.3, -0.25) is 4.40 Å². The van der Waals surface area contributed by atoms with Crippen molar-refractivity contribution in [2.75, 3.05) is 6.26 Å². The smallest absolute Gasteiger partial charge is 0.254 e. The topological polar surface area (TPSA) is 77.2 Å². The van der Waals surface area contributed by atoms with E-state index in [1.807, 2.05) is 13.1 Å². The molecule has 0 N–H and O–H groups in total. The lowest BCUT2D eigenvalue weighted by Crippen LogP contribution is -1.97. The van der Waals surface area contributed by atoms with Gasteiger partial charge in [0.25, 0.3) is 5.78 Å². The standard InChI is InChI=1S/C13H12N4O2S/c1-9-15-16-13-14-7-11(8-17(9)13)10-3-5-12(6-4-10)20(2,18)19/h3-8H,1-2H3. The lowest BCUT2D eigenvalue weighted by atomic mass is 10.1. The maximum atomic E-state index is 11.4. The average molecular weight is 288 g/mol. The lowest BCUT2D eigenvalue weighted by molar-refractivity contribution is 0.602. The van der Waals surface area contributed by atoms with E-state index in [1.54, 1.807) is 34.9 Å². The molecule has 7 heteroatoms. The zero-order valence-electron chi connectivity index (χ0n) is 11.0. The van der Waals surface area contributed by atoms with Crippen molar-refractivity contribution in [3.63, 3.8) is 0 Å². The summed E-state index contributed by atoms with van der Waals surface area (Å²) in [5.74, 6) is 1.29. The van der Waals surface area contributed by atoms with Gasteiger partial charge in [-0.25, -0.2) is 13.4 Å². The molecule has 0 saturated heterocycles. The SMILES string of the molecule is Cc1nnc2ncc(-c3ccc(S(C)(=O)=O)cc3)cn12. The van der Waals surface area contributed by atoms with E-state index < -0.39 is 9.84 Å². The van der Waals surface area contributed by atoms with Crippen molar-refractivity contribution in [2.45, 2.75) is 11.8 Å². The highest BCUT2D eigenvalue weighted by Gasteiger charge is 2.08. The summed E-state index contributed by atoms with van der Waals surface area (Å²) in [6.45, 7) is 1.85. The molecule has 0 fully saturated rings. The highest BCUT2D eigenvalue weighted by atomic mass is 32.2. The van der Waals surface area contributed by atoms with E-state index in [0.29, 0.717) is 10.7 Å². The molecule has 2 aromatic heterocycles. The molecule has 20 heavy (non-hydrogen) atoms. The molecule has 102 valence electrons. The van der Waals surface area contributed by atoms with Crippen molar-refractivity contribution >= 4 is 15.6 Å². The van der Waals surface area contributed by atoms with Crippen LogP contribution in [0.15, 0.2) is 41.6 Å². The van der Waals surface area contributed by atoms with Crippen LogP contribution in [0, 0.1) is 6.92 Å². The summed E-state index contributed by atoms with van der Waals surface area (Å²) in [6, 6.07) is 6.71. The Bertz CT molecular complexity index is 882. The van der Waals surface area contributed by atoms with Crippen molar-refractivity contribution in [2.24, 2.45) is 0 Å². The molecular formula is C13H12N4O2S. The molecule has 6 nitrogen and oxygen atoms in total. The second-order valence-electron chi connectivity index (χ2n) is 4.56. The van der Waals surface area contributed by atoms with Crippen LogP contribution in [-0.4, -0.2) is 34.3 Å². The summed E-state index contributed by atoms with van der Waals surface area (Å²) < 4.78 is 24.7. The third kappa shape index (κ3) is 2.16. The van der Waals surface area contributed by atoms with Crippen LogP contribution in [0.4, 0.5) is 0 Å².